The van der Waals surface area contributed by atoms with Crippen molar-refractivity contribution < 1.29 is 33.8 Å². The van der Waals surface area contributed by atoms with Gasteiger partial charge in [0.2, 0.25) is 17.7 Å². The van der Waals surface area contributed by atoms with Gasteiger partial charge >= 0.3 is 5.97 Å². The number of halogens is 1. The summed E-state index contributed by atoms with van der Waals surface area (Å²) in [5.41, 5.74) is -0.499. The van der Waals surface area contributed by atoms with Crippen LogP contribution in [0.3, 0.4) is 0 Å². The fraction of sp³-hybridized carbons (Fsp3) is 0.588. The number of carbonyl (C=O) groups is 4. The van der Waals surface area contributed by atoms with E-state index in [-0.39, 0.29) is 48.2 Å². The summed E-state index contributed by atoms with van der Waals surface area (Å²) in [7, 11) is 0. The van der Waals surface area contributed by atoms with Crippen molar-refractivity contribution in [2.45, 2.75) is 87.1 Å². The minimum absolute atomic E-state index is 0.0462. The van der Waals surface area contributed by atoms with Crippen molar-refractivity contribution in [3.05, 3.63) is 61.2 Å². The average molecular weight is 689 g/mol. The highest BCUT2D eigenvalue weighted by atomic mass is 79.9. The van der Waals surface area contributed by atoms with Gasteiger partial charge in [0.1, 0.15) is 17.7 Å². The summed E-state index contributed by atoms with van der Waals surface area (Å²) >= 11 is 3.71. The van der Waals surface area contributed by atoms with Gasteiger partial charge in [0.25, 0.3) is 0 Å². The van der Waals surface area contributed by atoms with E-state index < -0.39 is 41.7 Å². The van der Waals surface area contributed by atoms with Crippen LogP contribution in [0.15, 0.2) is 55.6 Å². The number of carbonyl (C=O) groups excluding carboxylic acids is 4. The second kappa shape index (κ2) is 15.5. The van der Waals surface area contributed by atoms with E-state index in [0.29, 0.717) is 50.8 Å². The SMILES string of the molecule is C=CCCC(=O)NC[C@H](OC(=O)[C@H]1[C@@H]2O[C@@]3(CC2Br)[C@@H]1C(=O)N(CCCCCO)[C@@H]3C(=O)N(CC=C)C(C)C)c1ccccc1. The molecule has 3 aliphatic heterocycles. The fourth-order valence-corrected chi connectivity index (χ4v) is 7.93. The van der Waals surface area contributed by atoms with Crippen LogP contribution in [0, 0.1) is 11.8 Å². The number of ether oxygens (including phenoxy) is 2. The number of allylic oxidation sites excluding steroid dienone is 1. The van der Waals surface area contributed by atoms with Crippen LogP contribution in [-0.4, -0.2) is 93.5 Å². The largest absolute Gasteiger partial charge is 0.455 e. The minimum Gasteiger partial charge on any atom is -0.455 e. The molecule has 1 spiro atoms. The molecule has 10 nitrogen and oxygen atoms in total. The first-order valence-electron chi connectivity index (χ1n) is 15.9. The van der Waals surface area contributed by atoms with Crippen LogP contribution in [0.25, 0.3) is 0 Å². The number of hydrogen-bond acceptors (Lipinski definition) is 7. The normalized spacial score (nSPS) is 27.3. The second-order valence-corrected chi connectivity index (χ2v) is 13.5. The zero-order chi connectivity index (χ0) is 32.7. The van der Waals surface area contributed by atoms with Crippen molar-refractivity contribution >= 4 is 39.6 Å². The Kier molecular flexibility index (Phi) is 12.0. The van der Waals surface area contributed by atoms with Gasteiger partial charge in [-0.15, -0.1) is 13.2 Å². The summed E-state index contributed by atoms with van der Waals surface area (Å²) in [4.78, 5) is 58.2. The molecule has 3 saturated heterocycles. The summed E-state index contributed by atoms with van der Waals surface area (Å²) < 4.78 is 12.7. The predicted octanol–water partition coefficient (Wildman–Crippen LogP) is 3.69. The molecule has 3 heterocycles. The van der Waals surface area contributed by atoms with Crippen LogP contribution in [0.1, 0.15) is 64.0 Å². The first-order valence-corrected chi connectivity index (χ1v) is 16.8. The molecule has 3 fully saturated rings. The summed E-state index contributed by atoms with van der Waals surface area (Å²) in [6, 6.07) is 8.09. The fourth-order valence-electron chi connectivity index (χ4n) is 6.98. The molecule has 11 heteroatoms. The van der Waals surface area contributed by atoms with Gasteiger partial charge in [-0.1, -0.05) is 58.4 Å². The maximum Gasteiger partial charge on any atom is 0.313 e. The topological polar surface area (TPSA) is 125 Å². The Morgan fingerprint density at radius 3 is 2.58 bits per heavy atom. The van der Waals surface area contributed by atoms with Gasteiger partial charge in [-0.2, -0.15) is 0 Å². The van der Waals surface area contributed by atoms with Crippen molar-refractivity contribution in [3.8, 4) is 0 Å². The van der Waals surface area contributed by atoms with E-state index >= 15 is 0 Å². The number of rotatable bonds is 17. The van der Waals surface area contributed by atoms with Crippen molar-refractivity contribution in [1.29, 1.82) is 0 Å². The number of fused-ring (bicyclic) bond motifs is 1. The van der Waals surface area contributed by atoms with E-state index in [9.17, 15) is 24.3 Å². The molecule has 1 unspecified atom stereocenters. The molecule has 3 aliphatic rings. The molecule has 45 heavy (non-hydrogen) atoms. The van der Waals surface area contributed by atoms with Gasteiger partial charge in [-0.25, -0.2) is 0 Å². The minimum atomic E-state index is -1.21. The van der Waals surface area contributed by atoms with Crippen molar-refractivity contribution in [1.82, 2.24) is 15.1 Å². The van der Waals surface area contributed by atoms with Gasteiger partial charge in [0.15, 0.2) is 0 Å². The third kappa shape index (κ3) is 7.20. The Labute approximate surface area is 274 Å². The number of benzene rings is 1. The Morgan fingerprint density at radius 1 is 1.20 bits per heavy atom. The van der Waals surface area contributed by atoms with E-state index in [1.807, 2.05) is 44.2 Å². The van der Waals surface area contributed by atoms with Gasteiger partial charge in [0.05, 0.1) is 24.5 Å². The van der Waals surface area contributed by atoms with Gasteiger partial charge in [0, 0.05) is 37.0 Å². The Morgan fingerprint density at radius 2 is 1.93 bits per heavy atom. The number of unbranched alkanes of at least 4 members (excludes halogenated alkanes) is 2. The number of likely N-dealkylation sites (tertiary alicyclic amines) is 1. The molecular weight excluding hydrogens is 642 g/mol. The van der Waals surface area contributed by atoms with E-state index in [2.05, 4.69) is 34.4 Å². The highest BCUT2D eigenvalue weighted by Crippen LogP contribution is 2.60. The summed E-state index contributed by atoms with van der Waals surface area (Å²) in [5.74, 6) is -3.15. The zero-order valence-corrected chi connectivity index (χ0v) is 27.8. The lowest BCUT2D eigenvalue weighted by atomic mass is 9.70. The second-order valence-electron chi connectivity index (χ2n) is 12.3. The Bertz CT molecular complexity index is 1240. The smallest absolute Gasteiger partial charge is 0.313 e. The van der Waals surface area contributed by atoms with Gasteiger partial charge in [-0.3, -0.25) is 19.2 Å². The van der Waals surface area contributed by atoms with Gasteiger partial charge in [-0.05, 0) is 51.5 Å². The molecule has 7 atom stereocenters. The lowest BCUT2D eigenvalue weighted by Gasteiger charge is -2.38. The number of alkyl halides is 1. The molecule has 0 radical (unpaired) electrons. The highest BCUT2D eigenvalue weighted by Gasteiger charge is 2.77. The molecule has 0 aromatic heterocycles. The van der Waals surface area contributed by atoms with Crippen molar-refractivity contribution in [2.75, 3.05) is 26.2 Å². The third-order valence-electron chi connectivity index (χ3n) is 9.07. The van der Waals surface area contributed by atoms with E-state index in [4.69, 9.17) is 9.47 Å². The lowest BCUT2D eigenvalue weighted by Crippen LogP contribution is -2.58. The average Bonchev–Trinajstić information content (AvgIpc) is 3.62. The first kappa shape index (κ1) is 34.8. The Balaban J connectivity index is 1.65. The molecule has 2 N–H and O–H groups in total. The molecule has 1 aromatic carbocycles. The maximum absolute atomic E-state index is 14.3. The van der Waals surface area contributed by atoms with Gasteiger partial charge < -0.3 is 29.7 Å². The number of esters is 1. The quantitative estimate of drug-likeness (QED) is 0.111. The lowest BCUT2D eigenvalue weighted by molar-refractivity contribution is -0.160. The molecule has 246 valence electrons. The number of nitrogens with zero attached hydrogens (tertiary/aromatic N) is 2. The van der Waals surface area contributed by atoms with E-state index in [0.717, 1.165) is 0 Å². The maximum atomic E-state index is 14.3. The van der Waals surface area contributed by atoms with Crippen molar-refractivity contribution in [3.63, 3.8) is 0 Å². The molecule has 0 saturated carbocycles. The van der Waals surface area contributed by atoms with E-state index in [1.54, 1.807) is 22.0 Å². The number of aliphatic hydroxyl groups is 1. The molecule has 0 aliphatic carbocycles. The van der Waals surface area contributed by atoms with Crippen LogP contribution >= 0.6 is 15.9 Å². The summed E-state index contributed by atoms with van der Waals surface area (Å²) in [6.45, 7) is 12.0. The number of hydrogen-bond donors (Lipinski definition) is 2. The highest BCUT2D eigenvalue weighted by molar-refractivity contribution is 9.09. The predicted molar refractivity (Wildman–Crippen MR) is 173 cm³/mol. The number of amides is 3. The summed E-state index contributed by atoms with van der Waals surface area (Å²) in [5, 5.41) is 12.1. The van der Waals surface area contributed by atoms with Crippen LogP contribution in [0.2, 0.25) is 0 Å². The number of aliphatic hydroxyl groups excluding tert-OH is 1. The molecular formula is C34H46BrN3O7. The van der Waals surface area contributed by atoms with Crippen LogP contribution in [0.4, 0.5) is 0 Å². The van der Waals surface area contributed by atoms with Crippen LogP contribution < -0.4 is 5.32 Å². The molecule has 3 amide bonds. The zero-order valence-electron chi connectivity index (χ0n) is 26.2. The molecule has 4 rings (SSSR count). The third-order valence-corrected chi connectivity index (χ3v) is 9.92. The van der Waals surface area contributed by atoms with Crippen molar-refractivity contribution in [2.24, 2.45) is 11.8 Å². The standard InChI is InChI=1S/C34H46BrN3O7/c1-5-7-16-26(40)36-21-25(23-14-10-8-11-15-23)44-33(43)27-28-31(41)38(18-12-9-13-19-39)30(32(42)37(17-6-2)22(3)4)34(28)20-24(35)29(27)45-34/h5-6,8,10-11,14-15,22,24-25,27-30,39H,1-2,7,9,12-13,16-21H2,3-4H3,(H,36,40)/t24?,25-,27+,28-,29+,30+,34-/m0/s1. The molecule has 2 bridgehead atoms. The number of nitrogens with one attached hydrogen (secondary N) is 1. The first-order chi connectivity index (χ1) is 21.6. The summed E-state index contributed by atoms with van der Waals surface area (Å²) in [6.07, 6.45) is 4.94. The van der Waals surface area contributed by atoms with E-state index in [1.165, 1.54) is 0 Å². The molecule has 1 aromatic rings. The Hall–Kier alpha value is -3.02. The monoisotopic (exact) mass is 687 g/mol. The van der Waals surface area contributed by atoms with Crippen LogP contribution in [-0.2, 0) is 28.7 Å². The van der Waals surface area contributed by atoms with Crippen LogP contribution in [0.5, 0.6) is 0 Å².